The van der Waals surface area contributed by atoms with Gasteiger partial charge in [0.05, 0.1) is 12.4 Å². The van der Waals surface area contributed by atoms with Crippen molar-refractivity contribution in [2.45, 2.75) is 33.1 Å². The Morgan fingerprint density at radius 3 is 2.40 bits per heavy atom. The summed E-state index contributed by atoms with van der Waals surface area (Å²) in [6.07, 6.45) is 6.83. The van der Waals surface area contributed by atoms with Crippen LogP contribution in [0.5, 0.6) is 0 Å². The van der Waals surface area contributed by atoms with Gasteiger partial charge in [0.1, 0.15) is 5.82 Å². The number of benzene rings is 1. The summed E-state index contributed by atoms with van der Waals surface area (Å²) in [6, 6.07) is 8.47. The van der Waals surface area contributed by atoms with Crippen LogP contribution in [0.25, 0.3) is 0 Å². The normalized spacial score (nSPS) is 10.3. The van der Waals surface area contributed by atoms with Crippen LogP contribution in [-0.4, -0.2) is 16.5 Å². The van der Waals surface area contributed by atoms with Crippen LogP contribution in [-0.2, 0) is 6.42 Å². The second kappa shape index (κ2) is 7.48. The number of aryl methyl sites for hydroxylation is 1. The Morgan fingerprint density at radius 1 is 0.950 bits per heavy atom. The third-order valence-corrected chi connectivity index (χ3v) is 2.96. The third kappa shape index (κ3) is 4.23. The van der Waals surface area contributed by atoms with Crippen LogP contribution >= 0.6 is 0 Å². The summed E-state index contributed by atoms with van der Waals surface area (Å²) in [5, 5.41) is 6.51. The Balaban J connectivity index is 2.01. The Labute approximate surface area is 120 Å². The second-order valence-corrected chi connectivity index (χ2v) is 4.79. The summed E-state index contributed by atoms with van der Waals surface area (Å²) in [6.45, 7) is 5.22. The molecule has 0 amide bonds. The molecule has 0 spiro atoms. The summed E-state index contributed by atoms with van der Waals surface area (Å²) in [4.78, 5) is 8.67. The minimum absolute atomic E-state index is 0.759. The summed E-state index contributed by atoms with van der Waals surface area (Å²) >= 11 is 0. The summed E-state index contributed by atoms with van der Waals surface area (Å²) < 4.78 is 0. The molecule has 4 heteroatoms. The van der Waals surface area contributed by atoms with E-state index >= 15 is 0 Å². The zero-order valence-electron chi connectivity index (χ0n) is 12.2. The molecule has 0 radical (unpaired) electrons. The highest BCUT2D eigenvalue weighted by molar-refractivity contribution is 5.57. The first-order valence-electron chi connectivity index (χ1n) is 7.23. The summed E-state index contributed by atoms with van der Waals surface area (Å²) in [7, 11) is 0. The first-order valence-corrected chi connectivity index (χ1v) is 7.23. The first kappa shape index (κ1) is 14.3. The van der Waals surface area contributed by atoms with Gasteiger partial charge in [0, 0.05) is 12.2 Å². The lowest BCUT2D eigenvalue weighted by Gasteiger charge is -2.08. The van der Waals surface area contributed by atoms with E-state index < -0.39 is 0 Å². The van der Waals surface area contributed by atoms with Gasteiger partial charge in [-0.1, -0.05) is 32.4 Å². The quantitative estimate of drug-likeness (QED) is 0.798. The Hall–Kier alpha value is -2.10. The van der Waals surface area contributed by atoms with E-state index in [1.54, 1.807) is 12.4 Å². The fourth-order valence-electron chi connectivity index (χ4n) is 1.96. The molecule has 2 N–H and O–H groups in total. The number of hydrogen-bond acceptors (Lipinski definition) is 4. The van der Waals surface area contributed by atoms with E-state index in [4.69, 9.17) is 0 Å². The molecule has 1 heterocycles. The molecule has 2 rings (SSSR count). The van der Waals surface area contributed by atoms with Crippen molar-refractivity contribution < 1.29 is 0 Å². The smallest absolute Gasteiger partial charge is 0.151 e. The summed E-state index contributed by atoms with van der Waals surface area (Å²) in [5.41, 5.74) is 2.40. The van der Waals surface area contributed by atoms with Crippen LogP contribution in [0.3, 0.4) is 0 Å². The lowest BCUT2D eigenvalue weighted by atomic mass is 10.1. The van der Waals surface area contributed by atoms with Crippen LogP contribution in [0.15, 0.2) is 36.7 Å². The first-order chi connectivity index (χ1) is 9.81. The highest BCUT2D eigenvalue weighted by atomic mass is 15.1. The van der Waals surface area contributed by atoms with Crippen LogP contribution in [0, 0.1) is 0 Å². The minimum Gasteiger partial charge on any atom is -0.369 e. The fourth-order valence-corrected chi connectivity index (χ4v) is 1.96. The largest absolute Gasteiger partial charge is 0.369 e. The predicted molar refractivity (Wildman–Crippen MR) is 84.5 cm³/mol. The zero-order valence-corrected chi connectivity index (χ0v) is 12.2. The lowest BCUT2D eigenvalue weighted by Crippen LogP contribution is -2.04. The molecule has 1 aromatic carbocycles. The molecule has 0 fully saturated rings. The second-order valence-electron chi connectivity index (χ2n) is 4.79. The fraction of sp³-hybridized carbons (Fsp3) is 0.375. The Kier molecular flexibility index (Phi) is 5.35. The molecule has 0 atom stereocenters. The van der Waals surface area contributed by atoms with Gasteiger partial charge in [-0.15, -0.1) is 0 Å². The molecular formula is C16H22N4. The van der Waals surface area contributed by atoms with E-state index in [9.17, 15) is 0 Å². The van der Waals surface area contributed by atoms with Crippen molar-refractivity contribution in [3.05, 3.63) is 42.2 Å². The van der Waals surface area contributed by atoms with E-state index in [-0.39, 0.29) is 0 Å². The Bertz CT molecular complexity index is 522. The maximum atomic E-state index is 4.48. The third-order valence-electron chi connectivity index (χ3n) is 2.96. The average molecular weight is 270 g/mol. The molecule has 4 nitrogen and oxygen atoms in total. The van der Waals surface area contributed by atoms with Crippen LogP contribution in [0.4, 0.5) is 17.3 Å². The number of aromatic nitrogens is 2. The van der Waals surface area contributed by atoms with E-state index in [2.05, 4.69) is 58.7 Å². The molecule has 0 aliphatic heterocycles. The SMILES string of the molecule is CCCNc1cncc(Nc2ccc(CCC)cc2)n1. The standard InChI is InChI=1S/C16H22N4/c1-3-5-13-6-8-14(9-7-13)19-16-12-17-11-15(20-16)18-10-4-2/h6-9,11-12H,3-5,10H2,1-2H3,(H2,18,19,20). The molecule has 1 aromatic heterocycles. The van der Waals surface area contributed by atoms with Gasteiger partial charge < -0.3 is 10.6 Å². The van der Waals surface area contributed by atoms with E-state index in [0.717, 1.165) is 36.7 Å². The Morgan fingerprint density at radius 2 is 1.70 bits per heavy atom. The van der Waals surface area contributed by atoms with Gasteiger partial charge in [0.15, 0.2) is 5.82 Å². The molecule has 0 unspecified atom stereocenters. The highest BCUT2D eigenvalue weighted by Gasteiger charge is 1.99. The van der Waals surface area contributed by atoms with Crippen molar-refractivity contribution in [2.75, 3.05) is 17.2 Å². The van der Waals surface area contributed by atoms with Crippen LogP contribution in [0.1, 0.15) is 32.3 Å². The van der Waals surface area contributed by atoms with Gasteiger partial charge in [-0.25, -0.2) is 4.98 Å². The monoisotopic (exact) mass is 270 g/mol. The van der Waals surface area contributed by atoms with Crippen LogP contribution < -0.4 is 10.6 Å². The van der Waals surface area contributed by atoms with Gasteiger partial charge in [-0.2, -0.15) is 0 Å². The number of hydrogen-bond donors (Lipinski definition) is 2. The lowest BCUT2D eigenvalue weighted by molar-refractivity contribution is 0.922. The topological polar surface area (TPSA) is 49.8 Å². The van der Waals surface area contributed by atoms with E-state index in [1.165, 1.54) is 12.0 Å². The van der Waals surface area contributed by atoms with Crippen molar-refractivity contribution in [3.63, 3.8) is 0 Å². The average Bonchev–Trinajstić information content (AvgIpc) is 2.48. The highest BCUT2D eigenvalue weighted by Crippen LogP contribution is 2.16. The van der Waals surface area contributed by atoms with E-state index in [1.807, 2.05) is 0 Å². The molecule has 0 saturated heterocycles. The van der Waals surface area contributed by atoms with Gasteiger partial charge in [-0.3, -0.25) is 4.98 Å². The maximum absolute atomic E-state index is 4.48. The van der Waals surface area contributed by atoms with Crippen molar-refractivity contribution in [2.24, 2.45) is 0 Å². The number of anilines is 3. The number of nitrogens with one attached hydrogen (secondary N) is 2. The summed E-state index contributed by atoms with van der Waals surface area (Å²) in [5.74, 6) is 1.56. The molecule has 106 valence electrons. The van der Waals surface area contributed by atoms with Gasteiger partial charge in [0.25, 0.3) is 0 Å². The van der Waals surface area contributed by atoms with Gasteiger partial charge in [-0.05, 0) is 30.5 Å². The van der Waals surface area contributed by atoms with Crippen molar-refractivity contribution in [3.8, 4) is 0 Å². The van der Waals surface area contributed by atoms with E-state index in [0.29, 0.717) is 0 Å². The number of rotatable bonds is 7. The minimum atomic E-state index is 0.759. The number of nitrogens with zero attached hydrogens (tertiary/aromatic N) is 2. The van der Waals surface area contributed by atoms with Gasteiger partial charge in [0.2, 0.25) is 0 Å². The van der Waals surface area contributed by atoms with Crippen molar-refractivity contribution >= 4 is 17.3 Å². The maximum Gasteiger partial charge on any atom is 0.151 e. The molecule has 0 saturated carbocycles. The molecule has 0 aliphatic rings. The van der Waals surface area contributed by atoms with Crippen LogP contribution in [0.2, 0.25) is 0 Å². The zero-order chi connectivity index (χ0) is 14.2. The predicted octanol–water partition coefficient (Wildman–Crippen LogP) is 3.99. The molecule has 0 bridgehead atoms. The molecule has 2 aromatic rings. The molecule has 20 heavy (non-hydrogen) atoms. The van der Waals surface area contributed by atoms with Crippen molar-refractivity contribution in [1.29, 1.82) is 0 Å². The van der Waals surface area contributed by atoms with Gasteiger partial charge >= 0.3 is 0 Å². The molecular weight excluding hydrogens is 248 g/mol. The van der Waals surface area contributed by atoms with Crippen molar-refractivity contribution in [1.82, 2.24) is 9.97 Å². The molecule has 0 aliphatic carbocycles.